The first-order chi connectivity index (χ1) is 17.7. The fourth-order valence-electron chi connectivity index (χ4n) is 11.9. The van der Waals surface area contributed by atoms with Crippen LogP contribution in [0.5, 0.6) is 0 Å². The quantitative estimate of drug-likeness (QED) is 0.304. The van der Waals surface area contributed by atoms with Crippen LogP contribution in [-0.4, -0.2) is 46.7 Å². The number of aliphatic hydroxyl groups excluding tert-OH is 3. The highest BCUT2D eigenvalue weighted by Crippen LogP contribution is 2.77. The summed E-state index contributed by atoms with van der Waals surface area (Å²) < 4.78 is 5.73. The first-order valence-corrected chi connectivity index (χ1v) is 15.5. The minimum Gasteiger partial charge on any atom is -0.462 e. The van der Waals surface area contributed by atoms with E-state index in [1.54, 1.807) is 0 Å². The van der Waals surface area contributed by atoms with E-state index in [-0.39, 0.29) is 46.3 Å². The number of aliphatic hydroxyl groups is 3. The number of fused-ring (bicyclic) bond motifs is 7. The van der Waals surface area contributed by atoms with Crippen molar-refractivity contribution in [3.8, 4) is 0 Å². The van der Waals surface area contributed by atoms with Crippen LogP contribution in [0.4, 0.5) is 0 Å². The minimum absolute atomic E-state index is 0.0484. The molecule has 0 heterocycles. The van der Waals surface area contributed by atoms with Gasteiger partial charge in [0.15, 0.2) is 0 Å². The van der Waals surface area contributed by atoms with Gasteiger partial charge in [0.2, 0.25) is 0 Å². The van der Waals surface area contributed by atoms with Crippen molar-refractivity contribution >= 4 is 5.97 Å². The molecule has 216 valence electrons. The SMILES string of the molecule is C=C(C)C1CC[C@]2(C(=O)OCC(O)CO)CC[C@]3(C)C(CCC4[C@@]5(C)CC[C@H](O)C(C)(C)C5CC[C@]43C)C12. The topological polar surface area (TPSA) is 87.0 Å². The zero-order chi connectivity index (χ0) is 27.9. The van der Waals surface area contributed by atoms with Gasteiger partial charge in [-0.3, -0.25) is 4.79 Å². The standard InChI is InChI=1S/C33H54O5/c1-20(2)22-10-15-33(28(37)38-19-21(35)18-34)17-16-31(6)23(27(22)33)8-9-25-30(5)13-12-26(36)29(3,4)24(30)11-14-32(25,31)7/h21-27,34-36H,1,8-19H2,2-7H3/t21?,22?,23?,24?,25?,26-,27?,30-,31+,32+,33-/m0/s1. The third-order valence-electron chi connectivity index (χ3n) is 14.1. The number of carbonyl (C=O) groups excluding carboxylic acids is 1. The molecule has 0 amide bonds. The van der Waals surface area contributed by atoms with Crippen molar-refractivity contribution in [1.82, 2.24) is 0 Å². The van der Waals surface area contributed by atoms with Crippen molar-refractivity contribution in [3.05, 3.63) is 12.2 Å². The number of carbonyl (C=O) groups is 1. The molecule has 11 atom stereocenters. The maximum absolute atomic E-state index is 13.8. The fourth-order valence-corrected chi connectivity index (χ4v) is 11.9. The Morgan fingerprint density at radius 3 is 2.29 bits per heavy atom. The first kappa shape index (κ1) is 28.6. The summed E-state index contributed by atoms with van der Waals surface area (Å²) >= 11 is 0. The van der Waals surface area contributed by atoms with Gasteiger partial charge >= 0.3 is 5.97 Å². The van der Waals surface area contributed by atoms with E-state index in [4.69, 9.17) is 4.74 Å². The first-order valence-electron chi connectivity index (χ1n) is 15.5. The molecule has 0 aromatic heterocycles. The van der Waals surface area contributed by atoms with Crippen LogP contribution >= 0.6 is 0 Å². The van der Waals surface area contributed by atoms with Gasteiger partial charge in [0.25, 0.3) is 0 Å². The molecular weight excluding hydrogens is 476 g/mol. The van der Waals surface area contributed by atoms with E-state index in [1.807, 2.05) is 0 Å². The predicted molar refractivity (Wildman–Crippen MR) is 149 cm³/mol. The Morgan fingerprint density at radius 2 is 1.63 bits per heavy atom. The van der Waals surface area contributed by atoms with Gasteiger partial charge in [0.1, 0.15) is 12.7 Å². The second-order valence-corrected chi connectivity index (χ2v) is 15.7. The Labute approximate surface area is 230 Å². The lowest BCUT2D eigenvalue weighted by molar-refractivity contribution is -0.248. The molecule has 3 N–H and O–H groups in total. The molecule has 0 radical (unpaired) electrons. The average Bonchev–Trinajstić information content (AvgIpc) is 3.26. The van der Waals surface area contributed by atoms with Crippen molar-refractivity contribution < 1.29 is 24.9 Å². The number of hydrogen-bond acceptors (Lipinski definition) is 5. The van der Waals surface area contributed by atoms with Gasteiger partial charge in [-0.1, -0.05) is 46.8 Å². The highest BCUT2D eigenvalue weighted by molar-refractivity contribution is 5.78. The molecule has 5 nitrogen and oxygen atoms in total. The lowest BCUT2D eigenvalue weighted by atomic mass is 9.32. The summed E-state index contributed by atoms with van der Waals surface area (Å²) in [4.78, 5) is 13.8. The summed E-state index contributed by atoms with van der Waals surface area (Å²) in [6, 6.07) is 0. The predicted octanol–water partition coefficient (Wildman–Crippen LogP) is 5.90. The molecule has 5 heteroatoms. The molecule has 0 spiro atoms. The number of rotatable bonds is 5. The number of allylic oxidation sites excluding steroid dienone is 1. The van der Waals surface area contributed by atoms with Gasteiger partial charge in [0.05, 0.1) is 18.1 Å². The summed E-state index contributed by atoms with van der Waals surface area (Å²) in [5, 5.41) is 30.1. The molecule has 0 aliphatic heterocycles. The molecule has 5 aliphatic rings. The smallest absolute Gasteiger partial charge is 0.312 e. The van der Waals surface area contributed by atoms with E-state index in [9.17, 15) is 20.1 Å². The Kier molecular flexibility index (Phi) is 7.01. The van der Waals surface area contributed by atoms with E-state index in [0.29, 0.717) is 23.7 Å². The molecule has 5 aliphatic carbocycles. The van der Waals surface area contributed by atoms with Crippen LogP contribution in [0, 0.1) is 56.7 Å². The van der Waals surface area contributed by atoms with Gasteiger partial charge in [-0.25, -0.2) is 0 Å². The van der Waals surface area contributed by atoms with Crippen LogP contribution in [-0.2, 0) is 9.53 Å². The van der Waals surface area contributed by atoms with Gasteiger partial charge < -0.3 is 20.1 Å². The number of esters is 1. The monoisotopic (exact) mass is 530 g/mol. The Hall–Kier alpha value is -0.910. The molecule has 0 aromatic carbocycles. The van der Waals surface area contributed by atoms with Crippen molar-refractivity contribution in [2.24, 2.45) is 56.7 Å². The largest absolute Gasteiger partial charge is 0.462 e. The highest BCUT2D eigenvalue weighted by Gasteiger charge is 2.72. The summed E-state index contributed by atoms with van der Waals surface area (Å²) in [7, 11) is 0. The molecule has 6 unspecified atom stereocenters. The number of hydrogen-bond donors (Lipinski definition) is 3. The van der Waals surface area contributed by atoms with E-state index in [1.165, 1.54) is 24.8 Å². The summed E-state index contributed by atoms with van der Waals surface area (Å²) in [6.07, 6.45) is 9.20. The molecule has 0 aromatic rings. The molecule has 0 saturated heterocycles. The highest BCUT2D eigenvalue weighted by atomic mass is 16.5. The maximum Gasteiger partial charge on any atom is 0.312 e. The number of ether oxygens (including phenoxy) is 1. The molecule has 38 heavy (non-hydrogen) atoms. The second kappa shape index (κ2) is 9.31. The van der Waals surface area contributed by atoms with Crippen LogP contribution in [0.1, 0.15) is 106 Å². The third kappa shape index (κ3) is 3.69. The zero-order valence-corrected chi connectivity index (χ0v) is 24.9. The second-order valence-electron chi connectivity index (χ2n) is 15.7. The third-order valence-corrected chi connectivity index (χ3v) is 14.1. The Bertz CT molecular complexity index is 959. The van der Waals surface area contributed by atoms with Gasteiger partial charge in [0, 0.05) is 0 Å². The molecule has 5 saturated carbocycles. The minimum atomic E-state index is -1.02. The maximum atomic E-state index is 13.8. The van der Waals surface area contributed by atoms with Crippen LogP contribution in [0.15, 0.2) is 12.2 Å². The van der Waals surface area contributed by atoms with E-state index in [0.717, 1.165) is 44.9 Å². The van der Waals surface area contributed by atoms with E-state index in [2.05, 4.69) is 48.1 Å². The summed E-state index contributed by atoms with van der Waals surface area (Å²) in [5.41, 5.74) is 1.21. The fraction of sp³-hybridized carbons (Fsp3) is 0.909. The molecule has 0 bridgehead atoms. The Balaban J connectivity index is 1.51. The van der Waals surface area contributed by atoms with Crippen LogP contribution < -0.4 is 0 Å². The van der Waals surface area contributed by atoms with E-state index < -0.39 is 18.1 Å². The van der Waals surface area contributed by atoms with Gasteiger partial charge in [-0.15, -0.1) is 0 Å². The van der Waals surface area contributed by atoms with Crippen molar-refractivity contribution in [1.29, 1.82) is 0 Å². The normalized spacial score (nSPS) is 50.1. The summed E-state index contributed by atoms with van der Waals surface area (Å²) in [5.74, 6) is 2.01. The molecule has 5 fully saturated rings. The average molecular weight is 531 g/mol. The summed E-state index contributed by atoms with van der Waals surface area (Å²) in [6.45, 7) is 18.3. The van der Waals surface area contributed by atoms with Gasteiger partial charge in [-0.05, 0) is 122 Å². The molecular formula is C33H54O5. The Morgan fingerprint density at radius 1 is 0.921 bits per heavy atom. The van der Waals surface area contributed by atoms with Gasteiger partial charge in [-0.2, -0.15) is 0 Å². The zero-order valence-electron chi connectivity index (χ0n) is 24.9. The van der Waals surface area contributed by atoms with Crippen molar-refractivity contribution in [2.45, 2.75) is 118 Å². The van der Waals surface area contributed by atoms with Crippen molar-refractivity contribution in [3.63, 3.8) is 0 Å². The van der Waals surface area contributed by atoms with Crippen molar-refractivity contribution in [2.75, 3.05) is 13.2 Å². The van der Waals surface area contributed by atoms with E-state index >= 15 is 0 Å². The molecule has 5 rings (SSSR count). The van der Waals surface area contributed by atoms with Crippen LogP contribution in [0.3, 0.4) is 0 Å². The van der Waals surface area contributed by atoms with Crippen LogP contribution in [0.2, 0.25) is 0 Å². The lowest BCUT2D eigenvalue weighted by Gasteiger charge is -2.72. The lowest BCUT2D eigenvalue weighted by Crippen LogP contribution is -2.67. The van der Waals surface area contributed by atoms with Crippen LogP contribution in [0.25, 0.3) is 0 Å².